The maximum atomic E-state index is 13.0. The Balaban J connectivity index is 2.38. The molecule has 7 heteroatoms. The van der Waals surface area contributed by atoms with E-state index in [4.69, 9.17) is 11.6 Å². The summed E-state index contributed by atoms with van der Waals surface area (Å²) in [5.41, 5.74) is -1.85. The molecule has 0 radical (unpaired) electrons. The highest BCUT2D eigenvalue weighted by Crippen LogP contribution is 2.33. The molecule has 0 aliphatic heterocycles. The summed E-state index contributed by atoms with van der Waals surface area (Å²) in [6.07, 6.45) is -4.84. The fourth-order valence-corrected chi connectivity index (χ4v) is 1.88. The summed E-state index contributed by atoms with van der Waals surface area (Å²) in [4.78, 5) is 12.0. The molecular formula is C14H8ClF4NO. The average Bonchev–Trinajstić information content (AvgIpc) is 2.40. The first-order chi connectivity index (χ1) is 9.79. The molecule has 21 heavy (non-hydrogen) atoms. The zero-order chi connectivity index (χ0) is 15.6. The van der Waals surface area contributed by atoms with Crippen molar-refractivity contribution in [2.45, 2.75) is 6.18 Å². The summed E-state index contributed by atoms with van der Waals surface area (Å²) in [6.45, 7) is 0. The van der Waals surface area contributed by atoms with E-state index in [0.717, 1.165) is 12.1 Å². The molecule has 110 valence electrons. The van der Waals surface area contributed by atoms with Crippen molar-refractivity contribution in [1.82, 2.24) is 0 Å². The molecule has 0 bridgehead atoms. The summed E-state index contributed by atoms with van der Waals surface area (Å²) in [7, 11) is 0. The minimum absolute atomic E-state index is 0.168. The molecule has 2 aromatic rings. The SMILES string of the molecule is O=C(Nc1ccccc1Cl)c1ccc(F)cc1C(F)(F)F. The van der Waals surface area contributed by atoms with Crippen molar-refractivity contribution in [1.29, 1.82) is 0 Å². The van der Waals surface area contributed by atoms with E-state index in [0.29, 0.717) is 0 Å². The van der Waals surface area contributed by atoms with Crippen molar-refractivity contribution in [3.63, 3.8) is 0 Å². The zero-order valence-electron chi connectivity index (χ0n) is 10.3. The Bertz CT molecular complexity index is 685. The summed E-state index contributed by atoms with van der Waals surface area (Å²) < 4.78 is 51.5. The average molecular weight is 318 g/mol. The first kappa shape index (κ1) is 15.3. The van der Waals surface area contributed by atoms with Crippen LogP contribution in [-0.2, 0) is 6.18 Å². The Morgan fingerprint density at radius 2 is 1.76 bits per heavy atom. The number of amides is 1. The second-order valence-electron chi connectivity index (χ2n) is 4.12. The molecule has 1 amide bonds. The van der Waals surface area contributed by atoms with E-state index >= 15 is 0 Å². The van der Waals surface area contributed by atoms with Gasteiger partial charge in [0.1, 0.15) is 5.82 Å². The predicted octanol–water partition coefficient (Wildman–Crippen LogP) is 4.75. The van der Waals surface area contributed by atoms with Gasteiger partial charge in [-0.3, -0.25) is 4.79 Å². The van der Waals surface area contributed by atoms with Crippen LogP contribution in [0.25, 0.3) is 0 Å². The van der Waals surface area contributed by atoms with Crippen LogP contribution in [0.3, 0.4) is 0 Å². The Labute approximate surface area is 122 Å². The third-order valence-corrected chi connectivity index (χ3v) is 2.98. The van der Waals surface area contributed by atoms with Crippen LogP contribution < -0.4 is 5.32 Å². The third-order valence-electron chi connectivity index (χ3n) is 2.65. The van der Waals surface area contributed by atoms with Gasteiger partial charge in [0, 0.05) is 0 Å². The van der Waals surface area contributed by atoms with E-state index < -0.39 is 29.0 Å². The topological polar surface area (TPSA) is 29.1 Å². The van der Waals surface area contributed by atoms with Crippen LogP contribution in [-0.4, -0.2) is 5.91 Å². The molecule has 0 aromatic heterocycles. The number of nitrogens with one attached hydrogen (secondary N) is 1. The van der Waals surface area contributed by atoms with Gasteiger partial charge in [0.25, 0.3) is 5.91 Å². The monoisotopic (exact) mass is 317 g/mol. The molecule has 0 aliphatic rings. The molecule has 0 saturated heterocycles. The Morgan fingerprint density at radius 3 is 2.38 bits per heavy atom. The third kappa shape index (κ3) is 3.52. The highest BCUT2D eigenvalue weighted by atomic mass is 35.5. The van der Waals surface area contributed by atoms with Crippen molar-refractivity contribution in [3.05, 3.63) is 64.4 Å². The first-order valence-corrected chi connectivity index (χ1v) is 6.09. The molecule has 0 atom stereocenters. The quantitative estimate of drug-likeness (QED) is 0.796. The number of hydrogen-bond acceptors (Lipinski definition) is 1. The molecule has 2 rings (SSSR count). The van der Waals surface area contributed by atoms with Crippen molar-refractivity contribution < 1.29 is 22.4 Å². The van der Waals surface area contributed by atoms with Gasteiger partial charge >= 0.3 is 6.18 Å². The van der Waals surface area contributed by atoms with Crippen LogP contribution in [0.5, 0.6) is 0 Å². The summed E-state index contributed by atoms with van der Waals surface area (Å²) in [5, 5.41) is 2.45. The smallest absolute Gasteiger partial charge is 0.321 e. The van der Waals surface area contributed by atoms with Gasteiger partial charge in [0.15, 0.2) is 0 Å². The van der Waals surface area contributed by atoms with E-state index in [1.807, 2.05) is 0 Å². The molecule has 0 heterocycles. The number of hydrogen-bond donors (Lipinski definition) is 1. The summed E-state index contributed by atoms with van der Waals surface area (Å²) in [6, 6.07) is 7.94. The molecular weight excluding hydrogens is 310 g/mol. The van der Waals surface area contributed by atoms with Crippen molar-refractivity contribution >= 4 is 23.2 Å². The number of para-hydroxylation sites is 1. The standard InChI is InChI=1S/C14H8ClF4NO/c15-11-3-1-2-4-12(11)20-13(21)9-6-5-8(16)7-10(9)14(17,18)19/h1-7H,(H,20,21). The van der Waals surface area contributed by atoms with Gasteiger partial charge < -0.3 is 5.32 Å². The van der Waals surface area contributed by atoms with E-state index in [9.17, 15) is 22.4 Å². The minimum atomic E-state index is -4.84. The Kier molecular flexibility index (Phi) is 4.18. The number of carbonyl (C=O) groups excluding carboxylic acids is 1. The predicted molar refractivity (Wildman–Crippen MR) is 70.8 cm³/mol. The van der Waals surface area contributed by atoms with Crippen LogP contribution in [0.15, 0.2) is 42.5 Å². The molecule has 2 nitrogen and oxygen atoms in total. The number of alkyl halides is 3. The molecule has 0 unspecified atom stereocenters. The van der Waals surface area contributed by atoms with Crippen LogP contribution in [0.2, 0.25) is 5.02 Å². The van der Waals surface area contributed by atoms with Gasteiger partial charge in [-0.15, -0.1) is 0 Å². The fourth-order valence-electron chi connectivity index (χ4n) is 1.70. The number of benzene rings is 2. The van der Waals surface area contributed by atoms with Gasteiger partial charge in [0.05, 0.1) is 21.8 Å². The second-order valence-corrected chi connectivity index (χ2v) is 4.53. The molecule has 0 saturated carbocycles. The van der Waals surface area contributed by atoms with E-state index in [2.05, 4.69) is 5.32 Å². The lowest BCUT2D eigenvalue weighted by atomic mass is 10.1. The van der Waals surface area contributed by atoms with Gasteiger partial charge in [0.2, 0.25) is 0 Å². The van der Waals surface area contributed by atoms with E-state index in [1.165, 1.54) is 12.1 Å². The number of halogens is 5. The lowest BCUT2D eigenvalue weighted by Gasteiger charge is -2.13. The van der Waals surface area contributed by atoms with Crippen LogP contribution in [0.4, 0.5) is 23.2 Å². The van der Waals surface area contributed by atoms with Crippen molar-refractivity contribution in [2.75, 3.05) is 5.32 Å². The molecule has 0 aliphatic carbocycles. The highest BCUT2D eigenvalue weighted by Gasteiger charge is 2.35. The normalized spacial score (nSPS) is 11.3. The summed E-state index contributed by atoms with van der Waals surface area (Å²) in [5.74, 6) is -2.09. The lowest BCUT2D eigenvalue weighted by Crippen LogP contribution is -2.19. The van der Waals surface area contributed by atoms with Gasteiger partial charge in [-0.25, -0.2) is 4.39 Å². The second kappa shape index (κ2) is 5.73. The highest BCUT2D eigenvalue weighted by molar-refractivity contribution is 6.33. The van der Waals surface area contributed by atoms with Gasteiger partial charge in [-0.1, -0.05) is 23.7 Å². The maximum Gasteiger partial charge on any atom is 0.417 e. The number of rotatable bonds is 2. The fraction of sp³-hybridized carbons (Fsp3) is 0.0714. The van der Waals surface area contributed by atoms with Crippen molar-refractivity contribution in [2.24, 2.45) is 0 Å². The first-order valence-electron chi connectivity index (χ1n) is 5.71. The lowest BCUT2D eigenvalue weighted by molar-refractivity contribution is -0.138. The Morgan fingerprint density at radius 1 is 1.10 bits per heavy atom. The molecule has 2 aromatic carbocycles. The van der Waals surface area contributed by atoms with Gasteiger partial charge in [-0.2, -0.15) is 13.2 Å². The maximum absolute atomic E-state index is 13.0. The zero-order valence-corrected chi connectivity index (χ0v) is 11.1. The molecule has 1 N–H and O–H groups in total. The van der Waals surface area contributed by atoms with Gasteiger partial charge in [-0.05, 0) is 30.3 Å². The summed E-state index contributed by atoms with van der Waals surface area (Å²) >= 11 is 5.81. The van der Waals surface area contributed by atoms with Crippen molar-refractivity contribution in [3.8, 4) is 0 Å². The van der Waals surface area contributed by atoms with E-state index in [1.54, 1.807) is 12.1 Å². The Hall–Kier alpha value is -2.08. The number of carbonyl (C=O) groups is 1. The van der Waals surface area contributed by atoms with Crippen LogP contribution >= 0.6 is 11.6 Å². The number of anilines is 1. The van der Waals surface area contributed by atoms with E-state index in [-0.39, 0.29) is 16.8 Å². The molecule has 0 spiro atoms. The largest absolute Gasteiger partial charge is 0.417 e. The van der Waals surface area contributed by atoms with Crippen LogP contribution in [0.1, 0.15) is 15.9 Å². The molecule has 0 fully saturated rings. The minimum Gasteiger partial charge on any atom is -0.321 e. The van der Waals surface area contributed by atoms with Crippen LogP contribution in [0, 0.1) is 5.82 Å².